The summed E-state index contributed by atoms with van der Waals surface area (Å²) in [7, 11) is -3.58. The average molecular weight is 558 g/mol. The number of rotatable bonds is 5. The summed E-state index contributed by atoms with van der Waals surface area (Å²) in [4.78, 5) is 23.0. The number of hydrogen-bond donors (Lipinski definition) is 2. The predicted octanol–water partition coefficient (Wildman–Crippen LogP) is 3.23. The number of carbonyl (C=O) groups excluding carboxylic acids is 1. The number of aryl methyl sites for hydroxylation is 1. The topological polar surface area (TPSA) is 112 Å². The third-order valence-corrected chi connectivity index (χ3v) is 8.72. The highest BCUT2D eigenvalue weighted by atomic mass is 35.5. The maximum Gasteiger partial charge on any atom is 0.256 e. The number of amides is 1. The van der Waals surface area contributed by atoms with Crippen LogP contribution in [-0.2, 0) is 10.0 Å². The van der Waals surface area contributed by atoms with Crippen LogP contribution in [-0.4, -0.2) is 72.3 Å². The molecule has 3 aliphatic heterocycles. The van der Waals surface area contributed by atoms with Crippen molar-refractivity contribution in [2.75, 3.05) is 42.1 Å². The second-order valence-electron chi connectivity index (χ2n) is 10.7. The van der Waals surface area contributed by atoms with Gasteiger partial charge in [0.1, 0.15) is 5.82 Å². The fourth-order valence-corrected chi connectivity index (χ4v) is 6.89. The van der Waals surface area contributed by atoms with Crippen molar-refractivity contribution in [2.45, 2.75) is 44.7 Å². The Morgan fingerprint density at radius 2 is 2.03 bits per heavy atom. The number of hydrogen-bond acceptors (Lipinski definition) is 7. The zero-order valence-electron chi connectivity index (χ0n) is 21.5. The molecule has 12 heteroatoms. The van der Waals surface area contributed by atoms with Crippen LogP contribution < -0.4 is 14.9 Å². The number of nitrogens with zero attached hydrogens (tertiary/aromatic N) is 5. The molecular formula is C26H32ClN7O3S. The third kappa shape index (κ3) is 4.83. The molecule has 2 N–H and O–H groups in total. The number of aromatic nitrogens is 3. The van der Waals surface area contributed by atoms with Crippen LogP contribution in [0.2, 0.25) is 5.02 Å². The molecular weight excluding hydrogens is 526 g/mol. The van der Waals surface area contributed by atoms with Gasteiger partial charge in [0.05, 0.1) is 29.2 Å². The maximum atomic E-state index is 13.8. The van der Waals surface area contributed by atoms with E-state index in [0.717, 1.165) is 67.9 Å². The highest BCUT2D eigenvalue weighted by Crippen LogP contribution is 2.35. The lowest BCUT2D eigenvalue weighted by atomic mass is 9.98. The second kappa shape index (κ2) is 9.69. The molecule has 5 heterocycles. The van der Waals surface area contributed by atoms with E-state index >= 15 is 0 Å². The van der Waals surface area contributed by atoms with Crippen molar-refractivity contribution in [3.8, 4) is 0 Å². The van der Waals surface area contributed by atoms with Crippen molar-refractivity contribution in [1.29, 1.82) is 0 Å². The van der Waals surface area contributed by atoms with Gasteiger partial charge in [-0.05, 0) is 63.3 Å². The SMILES string of the molecule is Cc1cn2nc(C3CCCCN3C(=O)c3cc(Cl)ccc3NS(C)(=O)=O)cc2nc1N1CC2CCNC2C1. The van der Waals surface area contributed by atoms with Crippen LogP contribution in [0.5, 0.6) is 0 Å². The molecule has 0 aliphatic carbocycles. The van der Waals surface area contributed by atoms with E-state index in [1.807, 2.05) is 12.3 Å². The summed E-state index contributed by atoms with van der Waals surface area (Å²) in [5.41, 5.74) is 3.04. The Kier molecular flexibility index (Phi) is 6.48. The molecule has 0 bridgehead atoms. The van der Waals surface area contributed by atoms with Crippen LogP contribution in [0, 0.1) is 12.8 Å². The first kappa shape index (κ1) is 25.4. The summed E-state index contributed by atoms with van der Waals surface area (Å²) >= 11 is 6.21. The number of sulfonamides is 1. The van der Waals surface area contributed by atoms with Crippen LogP contribution in [0.1, 0.15) is 53.3 Å². The molecule has 38 heavy (non-hydrogen) atoms. The molecule has 6 rings (SSSR count). The standard InChI is InChI=1S/C26H32ClN7O3S/c1-16-13-34-24(29-25(16)32-14-17-8-9-28-22(17)15-32)12-21(30-34)23-5-3-4-10-33(23)26(35)19-11-18(27)6-7-20(19)31-38(2,36)37/h6-7,11-13,17,22-23,28,31H,3-5,8-10,14-15H2,1-2H3. The van der Waals surface area contributed by atoms with Crippen LogP contribution in [0.4, 0.5) is 11.5 Å². The summed E-state index contributed by atoms with van der Waals surface area (Å²) in [5.74, 6) is 1.39. The highest BCUT2D eigenvalue weighted by molar-refractivity contribution is 7.92. The summed E-state index contributed by atoms with van der Waals surface area (Å²) < 4.78 is 28.1. The van der Waals surface area contributed by atoms with Crippen LogP contribution in [0.25, 0.3) is 5.65 Å². The third-order valence-electron chi connectivity index (χ3n) is 7.90. The van der Waals surface area contributed by atoms with Gasteiger partial charge < -0.3 is 15.1 Å². The number of likely N-dealkylation sites (tertiary alicyclic amines) is 1. The van der Waals surface area contributed by atoms with Crippen molar-refractivity contribution in [1.82, 2.24) is 24.8 Å². The lowest BCUT2D eigenvalue weighted by Gasteiger charge is -2.35. The molecule has 3 aromatic rings. The van der Waals surface area contributed by atoms with Gasteiger partial charge in [0.2, 0.25) is 10.0 Å². The summed E-state index contributed by atoms with van der Waals surface area (Å²) in [6.45, 7) is 5.68. The van der Waals surface area contributed by atoms with E-state index in [-0.39, 0.29) is 23.2 Å². The number of carbonyl (C=O) groups is 1. The highest BCUT2D eigenvalue weighted by Gasteiger charge is 2.37. The fourth-order valence-electron chi connectivity index (χ4n) is 6.14. The molecule has 0 radical (unpaired) electrons. The molecule has 3 fully saturated rings. The zero-order valence-corrected chi connectivity index (χ0v) is 23.1. The number of benzene rings is 1. The molecule has 2 aromatic heterocycles. The number of anilines is 2. The largest absolute Gasteiger partial charge is 0.354 e. The van der Waals surface area contributed by atoms with Gasteiger partial charge in [-0.25, -0.2) is 17.9 Å². The van der Waals surface area contributed by atoms with Gasteiger partial charge in [0, 0.05) is 48.5 Å². The first-order chi connectivity index (χ1) is 18.2. The lowest BCUT2D eigenvalue weighted by molar-refractivity contribution is 0.0607. The van der Waals surface area contributed by atoms with Crippen LogP contribution in [0.3, 0.4) is 0 Å². The number of piperidine rings is 1. The Morgan fingerprint density at radius 1 is 1.18 bits per heavy atom. The van der Waals surface area contributed by atoms with Crippen molar-refractivity contribution in [3.05, 3.63) is 52.3 Å². The number of fused-ring (bicyclic) bond motifs is 2. The minimum absolute atomic E-state index is 0.216. The monoisotopic (exact) mass is 557 g/mol. The van der Waals surface area contributed by atoms with Crippen molar-refractivity contribution < 1.29 is 13.2 Å². The summed E-state index contributed by atoms with van der Waals surface area (Å²) in [5, 5.41) is 8.80. The summed E-state index contributed by atoms with van der Waals surface area (Å²) in [6.07, 6.45) is 6.87. The van der Waals surface area contributed by atoms with Gasteiger partial charge in [0.15, 0.2) is 5.65 Å². The minimum atomic E-state index is -3.58. The molecule has 0 spiro atoms. The van der Waals surface area contributed by atoms with Crippen molar-refractivity contribution in [2.24, 2.45) is 5.92 Å². The van der Waals surface area contributed by atoms with Crippen LogP contribution >= 0.6 is 11.6 Å². The molecule has 10 nitrogen and oxygen atoms in total. The molecule has 202 valence electrons. The number of halogens is 1. The van der Waals surface area contributed by atoms with Gasteiger partial charge >= 0.3 is 0 Å². The van der Waals surface area contributed by atoms with E-state index in [1.165, 1.54) is 18.6 Å². The average Bonchev–Trinajstić information content (AvgIpc) is 3.58. The molecule has 3 atom stereocenters. The molecule has 3 saturated heterocycles. The summed E-state index contributed by atoms with van der Waals surface area (Å²) in [6, 6.07) is 6.87. The van der Waals surface area contributed by atoms with E-state index in [1.54, 1.807) is 15.5 Å². The van der Waals surface area contributed by atoms with E-state index in [9.17, 15) is 13.2 Å². The van der Waals surface area contributed by atoms with E-state index in [4.69, 9.17) is 21.7 Å². The van der Waals surface area contributed by atoms with Gasteiger partial charge in [-0.15, -0.1) is 0 Å². The Morgan fingerprint density at radius 3 is 2.82 bits per heavy atom. The Bertz CT molecular complexity index is 1500. The Labute approximate surface area is 227 Å². The van der Waals surface area contributed by atoms with E-state index < -0.39 is 10.0 Å². The first-order valence-corrected chi connectivity index (χ1v) is 15.4. The molecule has 1 aromatic carbocycles. The van der Waals surface area contributed by atoms with Gasteiger partial charge in [-0.2, -0.15) is 5.10 Å². The van der Waals surface area contributed by atoms with Gasteiger partial charge in [-0.3, -0.25) is 9.52 Å². The number of nitrogens with one attached hydrogen (secondary N) is 2. The van der Waals surface area contributed by atoms with E-state index in [2.05, 4.69) is 21.9 Å². The lowest BCUT2D eigenvalue weighted by Crippen LogP contribution is -2.39. The predicted molar refractivity (Wildman–Crippen MR) is 147 cm³/mol. The smallest absolute Gasteiger partial charge is 0.256 e. The Hall–Kier alpha value is -2.89. The Balaban J connectivity index is 1.31. The quantitative estimate of drug-likeness (QED) is 0.495. The zero-order chi connectivity index (χ0) is 26.6. The fraction of sp³-hybridized carbons (Fsp3) is 0.500. The van der Waals surface area contributed by atoms with Gasteiger partial charge in [-0.1, -0.05) is 11.6 Å². The van der Waals surface area contributed by atoms with Gasteiger partial charge in [0.25, 0.3) is 5.91 Å². The molecule has 1 amide bonds. The van der Waals surface area contributed by atoms with Crippen molar-refractivity contribution >= 4 is 44.7 Å². The second-order valence-corrected chi connectivity index (χ2v) is 12.9. The maximum absolute atomic E-state index is 13.8. The molecule has 3 unspecified atom stereocenters. The minimum Gasteiger partial charge on any atom is -0.354 e. The van der Waals surface area contributed by atoms with Crippen LogP contribution in [0.15, 0.2) is 30.5 Å². The first-order valence-electron chi connectivity index (χ1n) is 13.1. The van der Waals surface area contributed by atoms with E-state index in [0.29, 0.717) is 23.5 Å². The molecule has 0 saturated carbocycles. The normalized spacial score (nSPS) is 23.7. The molecule has 3 aliphatic rings. The van der Waals surface area contributed by atoms with Crippen molar-refractivity contribution in [3.63, 3.8) is 0 Å².